The Kier molecular flexibility index (Phi) is 6.07. The van der Waals surface area contributed by atoms with Gasteiger partial charge in [0.1, 0.15) is 5.60 Å². The van der Waals surface area contributed by atoms with Crippen molar-refractivity contribution in [2.24, 2.45) is 11.8 Å². The van der Waals surface area contributed by atoms with Gasteiger partial charge in [0.05, 0.1) is 0 Å². The lowest BCUT2D eigenvalue weighted by atomic mass is 9.88. The number of alkyl carbamates (subject to hydrolysis) is 1. The minimum atomic E-state index is -0.468. The van der Waals surface area contributed by atoms with Gasteiger partial charge in [-0.25, -0.2) is 4.79 Å². The number of carbonyl (C=O) groups excluding carboxylic acids is 1. The summed E-state index contributed by atoms with van der Waals surface area (Å²) in [5.41, 5.74) is -0.468. The number of likely N-dealkylation sites (tertiary alicyclic amines) is 1. The summed E-state index contributed by atoms with van der Waals surface area (Å²) in [5, 5.41) is 12.3. The number of amides is 1. The van der Waals surface area contributed by atoms with E-state index in [-0.39, 0.29) is 18.6 Å². The van der Waals surface area contributed by atoms with Crippen LogP contribution in [0, 0.1) is 11.8 Å². The van der Waals surface area contributed by atoms with Crippen molar-refractivity contribution >= 4 is 6.09 Å². The van der Waals surface area contributed by atoms with Crippen LogP contribution in [0.2, 0.25) is 0 Å². The van der Waals surface area contributed by atoms with Crippen molar-refractivity contribution in [1.82, 2.24) is 10.2 Å². The molecule has 1 heterocycles. The van der Waals surface area contributed by atoms with Crippen molar-refractivity contribution < 1.29 is 14.6 Å². The zero-order valence-corrected chi connectivity index (χ0v) is 12.6. The third-order valence-electron chi connectivity index (χ3n) is 3.57. The summed E-state index contributed by atoms with van der Waals surface area (Å²) in [6.45, 7) is 8.34. The summed E-state index contributed by atoms with van der Waals surface area (Å²) < 4.78 is 5.23. The Hall–Kier alpha value is -0.810. The molecule has 0 radical (unpaired) electrons. The average molecular weight is 272 g/mol. The maximum atomic E-state index is 11.6. The fourth-order valence-electron chi connectivity index (χ4n) is 2.39. The van der Waals surface area contributed by atoms with E-state index in [4.69, 9.17) is 4.74 Å². The molecular formula is C14H28N2O3. The first-order chi connectivity index (χ1) is 8.81. The van der Waals surface area contributed by atoms with Crippen LogP contribution >= 0.6 is 0 Å². The van der Waals surface area contributed by atoms with Gasteiger partial charge < -0.3 is 20.1 Å². The van der Waals surface area contributed by atoms with Crippen LogP contribution in [0.5, 0.6) is 0 Å². The Morgan fingerprint density at radius 1 is 1.32 bits per heavy atom. The molecule has 0 bridgehead atoms. The van der Waals surface area contributed by atoms with Gasteiger partial charge in [0.25, 0.3) is 0 Å². The van der Waals surface area contributed by atoms with E-state index in [1.165, 1.54) is 0 Å². The molecule has 0 aliphatic carbocycles. The molecule has 1 rings (SSSR count). The molecule has 0 aromatic rings. The predicted molar refractivity (Wildman–Crippen MR) is 75.0 cm³/mol. The summed E-state index contributed by atoms with van der Waals surface area (Å²) in [6, 6.07) is 0. The largest absolute Gasteiger partial charge is 0.444 e. The number of aliphatic hydroxyl groups excluding tert-OH is 1. The number of nitrogens with zero attached hydrogens (tertiary/aromatic N) is 1. The highest BCUT2D eigenvalue weighted by Crippen LogP contribution is 2.23. The van der Waals surface area contributed by atoms with Gasteiger partial charge in [-0.3, -0.25) is 0 Å². The van der Waals surface area contributed by atoms with Crippen LogP contribution in [0.1, 0.15) is 33.6 Å². The van der Waals surface area contributed by atoms with Crippen LogP contribution in [0.3, 0.4) is 0 Å². The topological polar surface area (TPSA) is 61.8 Å². The minimum absolute atomic E-state index is 0.189. The normalized spacial score (nSPS) is 25.7. The number of aliphatic hydroxyl groups is 1. The summed E-state index contributed by atoms with van der Waals surface area (Å²) in [6.07, 6.45) is 1.60. The highest BCUT2D eigenvalue weighted by molar-refractivity contribution is 5.67. The molecule has 2 N–H and O–H groups in total. The second-order valence-corrected chi connectivity index (χ2v) is 6.47. The van der Waals surface area contributed by atoms with Crippen LogP contribution < -0.4 is 5.32 Å². The van der Waals surface area contributed by atoms with Crippen LogP contribution in [0.25, 0.3) is 0 Å². The van der Waals surface area contributed by atoms with Crippen LogP contribution in [-0.4, -0.2) is 55.0 Å². The van der Waals surface area contributed by atoms with E-state index in [2.05, 4.69) is 17.3 Å². The maximum absolute atomic E-state index is 11.6. The number of ether oxygens (including phenoxy) is 1. The number of rotatable bonds is 3. The number of carbonyl (C=O) groups is 1. The lowest BCUT2D eigenvalue weighted by Gasteiger charge is -2.25. The fourth-order valence-corrected chi connectivity index (χ4v) is 2.39. The molecule has 1 aliphatic heterocycles. The van der Waals surface area contributed by atoms with Crippen molar-refractivity contribution in [2.75, 3.05) is 33.3 Å². The van der Waals surface area contributed by atoms with Gasteiger partial charge in [-0.2, -0.15) is 0 Å². The van der Waals surface area contributed by atoms with E-state index >= 15 is 0 Å². The monoisotopic (exact) mass is 272 g/mol. The standard InChI is InChI=1S/C14H28N2O3/c1-14(2,3)19-13(18)15-9-11-5-7-16(4)8-6-12(11)10-17/h11-12,17H,5-10H2,1-4H3,(H,15,18)/t11-,12+/m0/s1. The third kappa shape index (κ3) is 6.25. The van der Waals surface area contributed by atoms with Gasteiger partial charge in [-0.05, 0) is 65.6 Å². The van der Waals surface area contributed by atoms with Crippen molar-refractivity contribution in [3.05, 3.63) is 0 Å². The average Bonchev–Trinajstić information content (AvgIpc) is 2.46. The van der Waals surface area contributed by atoms with E-state index in [1.54, 1.807) is 0 Å². The molecule has 112 valence electrons. The molecule has 1 amide bonds. The molecular weight excluding hydrogens is 244 g/mol. The van der Waals surface area contributed by atoms with E-state index in [0.717, 1.165) is 25.9 Å². The fraction of sp³-hybridized carbons (Fsp3) is 0.929. The quantitative estimate of drug-likeness (QED) is 0.816. The molecule has 0 aromatic carbocycles. The maximum Gasteiger partial charge on any atom is 0.407 e. The lowest BCUT2D eigenvalue weighted by Crippen LogP contribution is -2.37. The first-order valence-corrected chi connectivity index (χ1v) is 7.08. The van der Waals surface area contributed by atoms with Crippen molar-refractivity contribution in [2.45, 2.75) is 39.2 Å². The molecule has 1 fully saturated rings. The Balaban J connectivity index is 2.43. The van der Waals surface area contributed by atoms with E-state index in [1.807, 2.05) is 20.8 Å². The SMILES string of the molecule is CN1CC[C@H](CO)[C@H](CNC(=O)OC(C)(C)C)CC1. The smallest absolute Gasteiger partial charge is 0.407 e. The number of hydrogen-bond acceptors (Lipinski definition) is 4. The summed E-state index contributed by atoms with van der Waals surface area (Å²) in [5.74, 6) is 0.586. The molecule has 0 spiro atoms. The van der Waals surface area contributed by atoms with Crippen molar-refractivity contribution in [3.8, 4) is 0 Å². The zero-order chi connectivity index (χ0) is 14.5. The predicted octanol–water partition coefficient (Wildman–Crippen LogP) is 1.46. The van der Waals surface area contributed by atoms with E-state index in [9.17, 15) is 9.90 Å². The summed E-state index contributed by atoms with van der Waals surface area (Å²) >= 11 is 0. The van der Waals surface area contributed by atoms with Gasteiger partial charge in [0.15, 0.2) is 0 Å². The van der Waals surface area contributed by atoms with E-state index < -0.39 is 5.60 Å². The number of hydrogen-bond donors (Lipinski definition) is 2. The second-order valence-electron chi connectivity index (χ2n) is 6.47. The molecule has 5 heteroatoms. The molecule has 1 saturated heterocycles. The molecule has 19 heavy (non-hydrogen) atoms. The highest BCUT2D eigenvalue weighted by atomic mass is 16.6. The Morgan fingerprint density at radius 2 is 1.89 bits per heavy atom. The first-order valence-electron chi connectivity index (χ1n) is 7.08. The van der Waals surface area contributed by atoms with Crippen LogP contribution in [0.4, 0.5) is 4.79 Å². The van der Waals surface area contributed by atoms with Gasteiger partial charge in [-0.1, -0.05) is 0 Å². The van der Waals surface area contributed by atoms with Crippen LogP contribution in [0.15, 0.2) is 0 Å². The Morgan fingerprint density at radius 3 is 2.42 bits per heavy atom. The Labute approximate surface area is 116 Å². The second kappa shape index (κ2) is 7.10. The van der Waals surface area contributed by atoms with Gasteiger partial charge in [0.2, 0.25) is 0 Å². The molecule has 0 aromatic heterocycles. The lowest BCUT2D eigenvalue weighted by molar-refractivity contribution is 0.0505. The highest BCUT2D eigenvalue weighted by Gasteiger charge is 2.26. The molecule has 0 unspecified atom stereocenters. The van der Waals surface area contributed by atoms with Crippen LogP contribution in [-0.2, 0) is 4.74 Å². The molecule has 1 aliphatic rings. The van der Waals surface area contributed by atoms with Gasteiger partial charge >= 0.3 is 6.09 Å². The first kappa shape index (κ1) is 16.2. The molecule has 0 saturated carbocycles. The zero-order valence-electron chi connectivity index (χ0n) is 12.6. The van der Waals surface area contributed by atoms with Crippen molar-refractivity contribution in [3.63, 3.8) is 0 Å². The van der Waals surface area contributed by atoms with Crippen molar-refractivity contribution in [1.29, 1.82) is 0 Å². The number of nitrogens with one attached hydrogen (secondary N) is 1. The Bertz CT molecular complexity index is 289. The summed E-state index contributed by atoms with van der Waals surface area (Å²) in [4.78, 5) is 13.9. The van der Waals surface area contributed by atoms with E-state index in [0.29, 0.717) is 12.5 Å². The summed E-state index contributed by atoms with van der Waals surface area (Å²) in [7, 11) is 2.10. The van der Waals surface area contributed by atoms with Gasteiger partial charge in [-0.15, -0.1) is 0 Å². The third-order valence-corrected chi connectivity index (χ3v) is 3.57. The van der Waals surface area contributed by atoms with Gasteiger partial charge in [0, 0.05) is 13.2 Å². The minimum Gasteiger partial charge on any atom is -0.444 e. The molecule has 2 atom stereocenters. The molecule has 5 nitrogen and oxygen atoms in total.